The SMILES string of the molecule is CC1([C@H]2CC[C@@H](O)CC2)C=CC(C2=NNC(=O)OC2)=CC1C(F)(F)F. The summed E-state index contributed by atoms with van der Waals surface area (Å²) in [5, 5.41) is 13.4. The van der Waals surface area contributed by atoms with E-state index in [1.165, 1.54) is 6.08 Å². The Labute approximate surface area is 143 Å². The van der Waals surface area contributed by atoms with Crippen LogP contribution in [0.25, 0.3) is 0 Å². The Kier molecular flexibility index (Phi) is 4.66. The minimum absolute atomic E-state index is 0.152. The van der Waals surface area contributed by atoms with Crippen molar-refractivity contribution in [2.24, 2.45) is 22.4 Å². The fourth-order valence-electron chi connectivity index (χ4n) is 3.97. The molecule has 2 atom stereocenters. The third-order valence-electron chi connectivity index (χ3n) is 5.52. The van der Waals surface area contributed by atoms with Gasteiger partial charge in [0.05, 0.1) is 12.0 Å². The quantitative estimate of drug-likeness (QED) is 0.796. The highest BCUT2D eigenvalue weighted by Crippen LogP contribution is 2.53. The molecule has 0 bridgehead atoms. The van der Waals surface area contributed by atoms with E-state index in [2.05, 4.69) is 10.5 Å². The lowest BCUT2D eigenvalue weighted by molar-refractivity contribution is -0.192. The summed E-state index contributed by atoms with van der Waals surface area (Å²) >= 11 is 0. The third kappa shape index (κ3) is 3.58. The van der Waals surface area contributed by atoms with Crippen LogP contribution in [0.4, 0.5) is 18.0 Å². The Hall–Kier alpha value is -1.83. The fraction of sp³-hybridized carbons (Fsp3) is 0.647. The zero-order valence-electron chi connectivity index (χ0n) is 13.8. The second-order valence-corrected chi connectivity index (χ2v) is 7.09. The van der Waals surface area contributed by atoms with Gasteiger partial charge < -0.3 is 9.84 Å². The first kappa shape index (κ1) is 18.0. The van der Waals surface area contributed by atoms with Gasteiger partial charge in [0.2, 0.25) is 0 Å². The normalized spacial score (nSPS) is 36.2. The molecule has 1 heterocycles. The Bertz CT molecular complexity index is 634. The number of aliphatic hydroxyl groups is 1. The van der Waals surface area contributed by atoms with E-state index in [9.17, 15) is 23.1 Å². The van der Waals surface area contributed by atoms with Crippen molar-refractivity contribution in [3.8, 4) is 0 Å². The molecule has 3 aliphatic rings. The minimum atomic E-state index is -4.40. The molecule has 1 amide bonds. The van der Waals surface area contributed by atoms with E-state index in [4.69, 9.17) is 4.74 Å². The van der Waals surface area contributed by atoms with Crippen molar-refractivity contribution in [3.63, 3.8) is 0 Å². The van der Waals surface area contributed by atoms with Gasteiger partial charge in [-0.3, -0.25) is 0 Å². The van der Waals surface area contributed by atoms with E-state index in [1.807, 2.05) is 0 Å². The van der Waals surface area contributed by atoms with Gasteiger partial charge in [0, 0.05) is 5.41 Å². The molecule has 3 rings (SSSR count). The number of halogens is 3. The summed E-state index contributed by atoms with van der Waals surface area (Å²) in [7, 11) is 0. The van der Waals surface area contributed by atoms with Gasteiger partial charge in [-0.15, -0.1) is 0 Å². The predicted molar refractivity (Wildman–Crippen MR) is 84.8 cm³/mol. The maximum Gasteiger partial charge on any atom is 0.428 e. The molecule has 0 saturated heterocycles. The smallest absolute Gasteiger partial charge is 0.428 e. The van der Waals surface area contributed by atoms with Gasteiger partial charge >= 0.3 is 12.3 Å². The van der Waals surface area contributed by atoms with Crippen LogP contribution in [-0.4, -0.2) is 35.8 Å². The Morgan fingerprint density at radius 1 is 1.32 bits per heavy atom. The number of nitrogens with zero attached hydrogens (tertiary/aromatic N) is 1. The van der Waals surface area contributed by atoms with Crippen molar-refractivity contribution in [1.82, 2.24) is 5.43 Å². The van der Waals surface area contributed by atoms with Crippen LogP contribution in [0, 0.1) is 17.3 Å². The number of allylic oxidation sites excluding steroid dienone is 3. The number of nitrogens with one attached hydrogen (secondary N) is 1. The molecule has 0 aromatic heterocycles. The zero-order chi connectivity index (χ0) is 18.2. The zero-order valence-corrected chi connectivity index (χ0v) is 13.8. The van der Waals surface area contributed by atoms with Crippen LogP contribution in [0.5, 0.6) is 0 Å². The summed E-state index contributed by atoms with van der Waals surface area (Å²) in [6, 6.07) is 0. The van der Waals surface area contributed by atoms with Crippen molar-refractivity contribution in [2.75, 3.05) is 6.61 Å². The summed E-state index contributed by atoms with van der Waals surface area (Å²) in [4.78, 5) is 11.0. The number of carbonyl (C=O) groups excluding carboxylic acids is 1. The van der Waals surface area contributed by atoms with E-state index in [1.54, 1.807) is 19.1 Å². The third-order valence-corrected chi connectivity index (χ3v) is 5.52. The molecule has 0 radical (unpaired) electrons. The fourth-order valence-corrected chi connectivity index (χ4v) is 3.97. The molecule has 0 spiro atoms. The maximum atomic E-state index is 13.8. The van der Waals surface area contributed by atoms with Crippen molar-refractivity contribution < 1.29 is 27.8 Å². The molecule has 138 valence electrons. The first-order chi connectivity index (χ1) is 11.7. The van der Waals surface area contributed by atoms with E-state index in [0.717, 1.165) is 0 Å². The monoisotopic (exact) mass is 358 g/mol. The lowest BCUT2D eigenvalue weighted by Crippen LogP contribution is -2.44. The summed E-state index contributed by atoms with van der Waals surface area (Å²) in [5.74, 6) is -1.80. The molecule has 25 heavy (non-hydrogen) atoms. The average Bonchev–Trinajstić information content (AvgIpc) is 2.55. The van der Waals surface area contributed by atoms with E-state index in [0.29, 0.717) is 31.3 Å². The van der Waals surface area contributed by atoms with Crippen molar-refractivity contribution >= 4 is 11.8 Å². The Morgan fingerprint density at radius 3 is 2.56 bits per heavy atom. The number of hydrazone groups is 1. The molecule has 0 aromatic carbocycles. The van der Waals surface area contributed by atoms with Crippen LogP contribution in [0.3, 0.4) is 0 Å². The second-order valence-electron chi connectivity index (χ2n) is 7.09. The van der Waals surface area contributed by atoms with Crippen LogP contribution < -0.4 is 5.43 Å². The number of hydrogen-bond acceptors (Lipinski definition) is 4. The van der Waals surface area contributed by atoms with Crippen LogP contribution in [0.2, 0.25) is 0 Å². The highest BCUT2D eigenvalue weighted by molar-refractivity contribution is 6.05. The average molecular weight is 358 g/mol. The van der Waals surface area contributed by atoms with E-state index >= 15 is 0 Å². The molecular formula is C17H21F3N2O3. The number of carbonyl (C=O) groups is 1. The van der Waals surface area contributed by atoms with Crippen LogP contribution in [0.1, 0.15) is 32.6 Å². The Morgan fingerprint density at radius 2 is 2.00 bits per heavy atom. The number of hydrogen-bond donors (Lipinski definition) is 2. The number of cyclic esters (lactones) is 1. The van der Waals surface area contributed by atoms with E-state index < -0.39 is 29.7 Å². The molecule has 2 N–H and O–H groups in total. The molecular weight excluding hydrogens is 337 g/mol. The summed E-state index contributed by atoms with van der Waals surface area (Å²) in [6.07, 6.45) is 1.08. The highest BCUT2D eigenvalue weighted by Gasteiger charge is 2.53. The minimum Gasteiger partial charge on any atom is -0.442 e. The summed E-state index contributed by atoms with van der Waals surface area (Å²) in [5.41, 5.74) is 1.63. The highest BCUT2D eigenvalue weighted by atomic mass is 19.4. The van der Waals surface area contributed by atoms with Gasteiger partial charge in [-0.1, -0.05) is 25.2 Å². The maximum absolute atomic E-state index is 13.8. The largest absolute Gasteiger partial charge is 0.442 e. The standard InChI is InChI=1S/C17H21F3N2O3/c1-16(11-2-4-12(23)5-3-11)7-6-10(8-14(16)17(18,19)20)13-9-25-15(24)22-21-13/h6-8,11-12,14,23H,2-5,9H2,1H3,(H,22,24)/t11-,12+,14?,16?. The molecule has 1 fully saturated rings. The molecule has 1 aliphatic heterocycles. The van der Waals surface area contributed by atoms with Gasteiger partial charge in [0.1, 0.15) is 12.3 Å². The van der Waals surface area contributed by atoms with Crippen molar-refractivity contribution in [3.05, 3.63) is 23.8 Å². The first-order valence-corrected chi connectivity index (χ1v) is 8.35. The predicted octanol–water partition coefficient (Wildman–Crippen LogP) is 3.31. The lowest BCUT2D eigenvalue weighted by Gasteiger charge is -2.45. The topological polar surface area (TPSA) is 70.9 Å². The molecule has 1 saturated carbocycles. The summed E-state index contributed by atoms with van der Waals surface area (Å²) < 4.78 is 46.2. The number of rotatable bonds is 2. The molecule has 5 nitrogen and oxygen atoms in total. The van der Waals surface area contributed by atoms with Crippen molar-refractivity contribution in [1.29, 1.82) is 0 Å². The summed E-state index contributed by atoms with van der Waals surface area (Å²) in [6.45, 7) is 1.48. The van der Waals surface area contributed by atoms with Crippen LogP contribution in [-0.2, 0) is 4.74 Å². The number of ether oxygens (including phenoxy) is 1. The molecule has 2 aliphatic carbocycles. The van der Waals surface area contributed by atoms with Gasteiger partial charge in [-0.2, -0.15) is 18.3 Å². The van der Waals surface area contributed by atoms with Crippen LogP contribution in [0.15, 0.2) is 28.9 Å². The second kappa shape index (κ2) is 6.48. The van der Waals surface area contributed by atoms with Gasteiger partial charge in [0.25, 0.3) is 0 Å². The van der Waals surface area contributed by atoms with Crippen LogP contribution >= 0.6 is 0 Å². The van der Waals surface area contributed by atoms with Gasteiger partial charge in [-0.05, 0) is 37.2 Å². The number of amides is 1. The number of aliphatic hydroxyl groups excluding tert-OH is 1. The first-order valence-electron chi connectivity index (χ1n) is 8.35. The van der Waals surface area contributed by atoms with E-state index in [-0.39, 0.29) is 18.2 Å². The molecule has 0 aromatic rings. The van der Waals surface area contributed by atoms with Crippen molar-refractivity contribution in [2.45, 2.75) is 44.9 Å². The molecule has 2 unspecified atom stereocenters. The van der Waals surface area contributed by atoms with Gasteiger partial charge in [-0.25, -0.2) is 10.2 Å². The lowest BCUT2D eigenvalue weighted by atomic mass is 9.60. The Balaban J connectivity index is 1.89. The number of alkyl halides is 3. The van der Waals surface area contributed by atoms with Gasteiger partial charge in [0.15, 0.2) is 0 Å². The molecule has 8 heteroatoms.